The number of amides is 1. The van der Waals surface area contributed by atoms with E-state index in [0.29, 0.717) is 26.0 Å². The van der Waals surface area contributed by atoms with Crippen molar-refractivity contribution in [1.82, 2.24) is 5.32 Å². The summed E-state index contributed by atoms with van der Waals surface area (Å²) in [5.41, 5.74) is -0.873. The van der Waals surface area contributed by atoms with Crippen molar-refractivity contribution < 1.29 is 14.6 Å². The largest absolute Gasteiger partial charge is 0.385 e. The SMILES string of the molecule is CCCCC(=O)NCC1(O)CCOC1C. The van der Waals surface area contributed by atoms with Crippen molar-refractivity contribution in [3.63, 3.8) is 0 Å². The molecule has 0 saturated carbocycles. The molecule has 88 valence electrons. The molecule has 0 aromatic carbocycles. The minimum atomic E-state index is -0.873. The summed E-state index contributed by atoms with van der Waals surface area (Å²) >= 11 is 0. The van der Waals surface area contributed by atoms with Crippen LogP contribution in [-0.2, 0) is 9.53 Å². The normalized spacial score (nSPS) is 30.5. The Labute approximate surface area is 91.0 Å². The minimum Gasteiger partial charge on any atom is -0.385 e. The molecule has 0 aliphatic carbocycles. The number of unbranched alkanes of at least 4 members (excludes halogenated alkanes) is 1. The highest BCUT2D eigenvalue weighted by atomic mass is 16.5. The van der Waals surface area contributed by atoms with Crippen molar-refractivity contribution in [2.75, 3.05) is 13.2 Å². The Morgan fingerprint density at radius 1 is 1.67 bits per heavy atom. The standard InChI is InChI=1S/C11H21NO3/c1-3-4-5-10(13)12-8-11(14)6-7-15-9(11)2/h9,14H,3-8H2,1-2H3,(H,12,13). The number of hydrogen-bond acceptors (Lipinski definition) is 3. The van der Waals surface area contributed by atoms with Crippen LogP contribution in [0.1, 0.15) is 39.5 Å². The molecule has 15 heavy (non-hydrogen) atoms. The van der Waals surface area contributed by atoms with Crippen LogP contribution < -0.4 is 5.32 Å². The zero-order valence-corrected chi connectivity index (χ0v) is 9.58. The molecule has 1 rings (SSSR count). The Bertz CT molecular complexity index is 220. The number of nitrogens with one attached hydrogen (secondary N) is 1. The van der Waals surface area contributed by atoms with Crippen LogP contribution in [0.25, 0.3) is 0 Å². The summed E-state index contributed by atoms with van der Waals surface area (Å²) in [5, 5.41) is 12.9. The molecular formula is C11H21NO3. The third kappa shape index (κ3) is 3.47. The highest BCUT2D eigenvalue weighted by molar-refractivity contribution is 5.75. The van der Waals surface area contributed by atoms with E-state index < -0.39 is 5.60 Å². The number of carbonyl (C=O) groups excluding carboxylic acids is 1. The molecular weight excluding hydrogens is 194 g/mol. The summed E-state index contributed by atoms with van der Waals surface area (Å²) in [4.78, 5) is 11.3. The van der Waals surface area contributed by atoms with Crippen LogP contribution in [0, 0.1) is 0 Å². The van der Waals surface area contributed by atoms with Crippen molar-refractivity contribution in [2.24, 2.45) is 0 Å². The number of carbonyl (C=O) groups is 1. The average molecular weight is 215 g/mol. The maximum absolute atomic E-state index is 11.3. The number of aliphatic hydroxyl groups is 1. The molecule has 1 saturated heterocycles. The molecule has 4 heteroatoms. The zero-order valence-electron chi connectivity index (χ0n) is 9.58. The first-order valence-corrected chi connectivity index (χ1v) is 5.69. The van der Waals surface area contributed by atoms with Gasteiger partial charge < -0.3 is 15.2 Å². The molecule has 4 nitrogen and oxygen atoms in total. The van der Waals surface area contributed by atoms with Crippen molar-refractivity contribution in [3.8, 4) is 0 Å². The highest BCUT2D eigenvalue weighted by Gasteiger charge is 2.39. The third-order valence-corrected chi connectivity index (χ3v) is 3.01. The molecule has 2 atom stereocenters. The quantitative estimate of drug-likeness (QED) is 0.714. The Balaban J connectivity index is 2.26. The van der Waals surface area contributed by atoms with Gasteiger partial charge in [0.2, 0.25) is 5.91 Å². The number of hydrogen-bond donors (Lipinski definition) is 2. The van der Waals surface area contributed by atoms with Crippen LogP contribution in [0.15, 0.2) is 0 Å². The second kappa shape index (κ2) is 5.47. The fraction of sp³-hybridized carbons (Fsp3) is 0.909. The molecule has 0 aromatic rings. The summed E-state index contributed by atoms with van der Waals surface area (Å²) < 4.78 is 5.28. The van der Waals surface area contributed by atoms with Gasteiger partial charge in [-0.05, 0) is 13.3 Å². The summed E-state index contributed by atoms with van der Waals surface area (Å²) in [6.07, 6.45) is 2.86. The van der Waals surface area contributed by atoms with Gasteiger partial charge in [0, 0.05) is 26.0 Å². The van der Waals surface area contributed by atoms with Gasteiger partial charge in [0.05, 0.1) is 6.10 Å². The fourth-order valence-electron chi connectivity index (χ4n) is 1.68. The van der Waals surface area contributed by atoms with E-state index in [0.717, 1.165) is 12.8 Å². The molecule has 1 aliphatic rings. The Morgan fingerprint density at radius 2 is 2.40 bits per heavy atom. The summed E-state index contributed by atoms with van der Waals surface area (Å²) in [5.74, 6) is 0.0179. The van der Waals surface area contributed by atoms with Crippen LogP contribution in [0.4, 0.5) is 0 Å². The lowest BCUT2D eigenvalue weighted by Crippen LogP contribution is -2.47. The summed E-state index contributed by atoms with van der Waals surface area (Å²) in [6, 6.07) is 0. The van der Waals surface area contributed by atoms with Gasteiger partial charge in [0.25, 0.3) is 0 Å². The average Bonchev–Trinajstić information content (AvgIpc) is 2.54. The molecule has 0 bridgehead atoms. The van der Waals surface area contributed by atoms with Crippen molar-refractivity contribution >= 4 is 5.91 Å². The van der Waals surface area contributed by atoms with E-state index in [1.165, 1.54) is 0 Å². The predicted octanol–water partition coefficient (Wildman–Crippen LogP) is 0.833. The summed E-state index contributed by atoms with van der Waals surface area (Å²) in [7, 11) is 0. The van der Waals surface area contributed by atoms with E-state index >= 15 is 0 Å². The first-order chi connectivity index (χ1) is 7.08. The maximum atomic E-state index is 11.3. The second-order valence-corrected chi connectivity index (χ2v) is 4.25. The molecule has 2 N–H and O–H groups in total. The molecule has 2 unspecified atom stereocenters. The second-order valence-electron chi connectivity index (χ2n) is 4.25. The number of rotatable bonds is 5. The predicted molar refractivity (Wildman–Crippen MR) is 57.5 cm³/mol. The minimum absolute atomic E-state index is 0.0179. The van der Waals surface area contributed by atoms with Gasteiger partial charge in [-0.3, -0.25) is 4.79 Å². The molecule has 1 fully saturated rings. The monoisotopic (exact) mass is 215 g/mol. The van der Waals surface area contributed by atoms with Gasteiger partial charge in [-0.1, -0.05) is 13.3 Å². The Morgan fingerprint density at radius 3 is 2.93 bits per heavy atom. The van der Waals surface area contributed by atoms with Crippen LogP contribution in [0.5, 0.6) is 0 Å². The lowest BCUT2D eigenvalue weighted by Gasteiger charge is -2.26. The lowest BCUT2D eigenvalue weighted by molar-refractivity contribution is -0.123. The van der Waals surface area contributed by atoms with E-state index in [9.17, 15) is 9.90 Å². The van der Waals surface area contributed by atoms with Gasteiger partial charge >= 0.3 is 0 Å². The molecule has 0 radical (unpaired) electrons. The van der Waals surface area contributed by atoms with Crippen LogP contribution in [0.2, 0.25) is 0 Å². The Kier molecular flexibility index (Phi) is 4.54. The van der Waals surface area contributed by atoms with Crippen LogP contribution in [-0.4, -0.2) is 35.9 Å². The van der Waals surface area contributed by atoms with E-state index in [2.05, 4.69) is 5.32 Å². The highest BCUT2D eigenvalue weighted by Crippen LogP contribution is 2.24. The molecule has 0 spiro atoms. The third-order valence-electron chi connectivity index (χ3n) is 3.01. The van der Waals surface area contributed by atoms with Crippen molar-refractivity contribution in [3.05, 3.63) is 0 Å². The lowest BCUT2D eigenvalue weighted by atomic mass is 9.96. The van der Waals surface area contributed by atoms with Gasteiger partial charge in [0.15, 0.2) is 0 Å². The molecule has 1 heterocycles. The topological polar surface area (TPSA) is 58.6 Å². The van der Waals surface area contributed by atoms with E-state index in [4.69, 9.17) is 4.74 Å². The maximum Gasteiger partial charge on any atom is 0.220 e. The zero-order chi connectivity index (χ0) is 11.3. The van der Waals surface area contributed by atoms with Gasteiger partial charge in [0.1, 0.15) is 5.60 Å². The molecule has 1 amide bonds. The van der Waals surface area contributed by atoms with Gasteiger partial charge in [-0.2, -0.15) is 0 Å². The Hall–Kier alpha value is -0.610. The fourth-order valence-corrected chi connectivity index (χ4v) is 1.68. The first-order valence-electron chi connectivity index (χ1n) is 5.69. The van der Waals surface area contributed by atoms with E-state index in [1.54, 1.807) is 0 Å². The first kappa shape index (κ1) is 12.5. The number of ether oxygens (including phenoxy) is 1. The summed E-state index contributed by atoms with van der Waals surface area (Å²) in [6.45, 7) is 4.76. The molecule has 1 aliphatic heterocycles. The smallest absolute Gasteiger partial charge is 0.220 e. The van der Waals surface area contributed by atoms with Crippen LogP contribution in [0.3, 0.4) is 0 Å². The van der Waals surface area contributed by atoms with Crippen molar-refractivity contribution in [2.45, 2.75) is 51.2 Å². The van der Waals surface area contributed by atoms with Crippen molar-refractivity contribution in [1.29, 1.82) is 0 Å². The van der Waals surface area contributed by atoms with Gasteiger partial charge in [-0.25, -0.2) is 0 Å². The van der Waals surface area contributed by atoms with Crippen LogP contribution >= 0.6 is 0 Å². The van der Waals surface area contributed by atoms with Gasteiger partial charge in [-0.15, -0.1) is 0 Å². The molecule has 0 aromatic heterocycles. The van der Waals surface area contributed by atoms with E-state index in [-0.39, 0.29) is 12.0 Å². The van der Waals surface area contributed by atoms with E-state index in [1.807, 2.05) is 13.8 Å².